The lowest BCUT2D eigenvalue weighted by Gasteiger charge is -2.39. The summed E-state index contributed by atoms with van der Waals surface area (Å²) in [5.41, 5.74) is 0. The molecule has 0 aliphatic carbocycles. The molecule has 6 heteroatoms. The van der Waals surface area contributed by atoms with E-state index in [4.69, 9.17) is 9.84 Å². The van der Waals surface area contributed by atoms with E-state index in [1.165, 1.54) is 0 Å². The van der Waals surface area contributed by atoms with E-state index in [1.807, 2.05) is 0 Å². The predicted octanol–water partition coefficient (Wildman–Crippen LogP) is -2.99. The molecule has 0 spiro atoms. The highest BCUT2D eigenvalue weighted by molar-refractivity contribution is 4.90. The third-order valence-corrected chi connectivity index (χ3v) is 2.18. The fourth-order valence-corrected chi connectivity index (χ4v) is 1.34. The summed E-state index contributed by atoms with van der Waals surface area (Å²) in [4.78, 5) is 0. The van der Waals surface area contributed by atoms with Crippen molar-refractivity contribution in [2.24, 2.45) is 0 Å². The van der Waals surface area contributed by atoms with Crippen molar-refractivity contribution >= 4 is 0 Å². The highest BCUT2D eigenvalue weighted by Crippen LogP contribution is 2.18. The quantitative estimate of drug-likeness (QED) is 0.320. The van der Waals surface area contributed by atoms with E-state index in [-0.39, 0.29) is 0 Å². The molecule has 0 bridgehead atoms. The van der Waals surface area contributed by atoms with Crippen molar-refractivity contribution in [3.63, 3.8) is 0 Å². The van der Waals surface area contributed by atoms with Gasteiger partial charge >= 0.3 is 0 Å². The van der Waals surface area contributed by atoms with E-state index in [1.54, 1.807) is 7.05 Å². The Labute approximate surface area is 75.8 Å². The van der Waals surface area contributed by atoms with Gasteiger partial charge in [-0.25, -0.2) is 0 Å². The van der Waals surface area contributed by atoms with Gasteiger partial charge < -0.3 is 25.2 Å². The topological polar surface area (TPSA) is 102 Å². The van der Waals surface area contributed by atoms with Crippen LogP contribution in [0.1, 0.15) is 0 Å². The molecule has 13 heavy (non-hydrogen) atoms. The van der Waals surface area contributed by atoms with Gasteiger partial charge in [-0.2, -0.15) is 0 Å². The van der Waals surface area contributed by atoms with Crippen LogP contribution < -0.4 is 5.32 Å². The number of aliphatic hydroxyl groups is 4. The van der Waals surface area contributed by atoms with Crippen molar-refractivity contribution in [3.05, 3.63) is 0 Å². The Bertz CT molecular complexity index is 147. The molecule has 6 nitrogen and oxygen atoms in total. The van der Waals surface area contributed by atoms with Gasteiger partial charge in [-0.3, -0.25) is 5.32 Å². The van der Waals surface area contributed by atoms with Gasteiger partial charge in [-0.05, 0) is 7.05 Å². The minimum atomic E-state index is -1.30. The number of likely N-dealkylation sites (N-methyl/N-ethyl adjacent to an activating group) is 1. The predicted molar refractivity (Wildman–Crippen MR) is 42.8 cm³/mol. The standard InChI is InChI=1S/C7H15NO5/c1-8-7-6(12)5(11)4(10)3(2-9)13-7/h3-12H,2H2,1H3/t3?,4-,5+,6?,7?/m1/s1. The molecule has 1 rings (SSSR count). The Morgan fingerprint density at radius 2 is 1.77 bits per heavy atom. The second-order valence-electron chi connectivity index (χ2n) is 3.04. The van der Waals surface area contributed by atoms with Crippen molar-refractivity contribution in [1.82, 2.24) is 5.32 Å². The zero-order valence-electron chi connectivity index (χ0n) is 7.29. The van der Waals surface area contributed by atoms with E-state index in [2.05, 4.69) is 5.32 Å². The second-order valence-corrected chi connectivity index (χ2v) is 3.04. The lowest BCUT2D eigenvalue weighted by Crippen LogP contribution is -2.61. The summed E-state index contributed by atoms with van der Waals surface area (Å²) in [5, 5.41) is 39.3. The van der Waals surface area contributed by atoms with Crippen LogP contribution in [0.2, 0.25) is 0 Å². The van der Waals surface area contributed by atoms with Gasteiger partial charge in [0.25, 0.3) is 0 Å². The maximum Gasteiger partial charge on any atom is 0.137 e. The minimum Gasteiger partial charge on any atom is -0.394 e. The van der Waals surface area contributed by atoms with Gasteiger partial charge in [-0.15, -0.1) is 0 Å². The molecule has 1 aliphatic heterocycles. The maximum absolute atomic E-state index is 9.34. The Balaban J connectivity index is 2.66. The molecular formula is C7H15NO5. The monoisotopic (exact) mass is 193 g/mol. The summed E-state index contributed by atoms with van der Waals surface area (Å²) in [6, 6.07) is 0. The van der Waals surface area contributed by atoms with Crippen molar-refractivity contribution in [2.75, 3.05) is 13.7 Å². The Hall–Kier alpha value is -0.240. The highest BCUT2D eigenvalue weighted by atomic mass is 16.6. The molecule has 0 aromatic carbocycles. The second kappa shape index (κ2) is 4.32. The van der Waals surface area contributed by atoms with E-state index in [9.17, 15) is 15.3 Å². The molecule has 0 saturated carbocycles. The van der Waals surface area contributed by atoms with Gasteiger partial charge in [0.1, 0.15) is 30.6 Å². The van der Waals surface area contributed by atoms with Crippen LogP contribution >= 0.6 is 0 Å². The van der Waals surface area contributed by atoms with Gasteiger partial charge in [0.2, 0.25) is 0 Å². The molecule has 78 valence electrons. The van der Waals surface area contributed by atoms with Crippen LogP contribution in [0.15, 0.2) is 0 Å². The molecule has 5 N–H and O–H groups in total. The van der Waals surface area contributed by atoms with E-state index < -0.39 is 37.3 Å². The first-order chi connectivity index (χ1) is 6.11. The average molecular weight is 193 g/mol. The highest BCUT2D eigenvalue weighted by Gasteiger charge is 2.42. The fraction of sp³-hybridized carbons (Fsp3) is 1.00. The normalized spacial score (nSPS) is 46.4. The summed E-state index contributed by atoms with van der Waals surface area (Å²) in [7, 11) is 1.55. The third kappa shape index (κ3) is 1.98. The lowest BCUT2D eigenvalue weighted by atomic mass is 9.98. The van der Waals surface area contributed by atoms with Gasteiger partial charge in [0.05, 0.1) is 6.61 Å². The lowest BCUT2D eigenvalue weighted by molar-refractivity contribution is -0.235. The van der Waals surface area contributed by atoms with Crippen LogP contribution in [0.5, 0.6) is 0 Å². The summed E-state index contributed by atoms with van der Waals surface area (Å²) >= 11 is 0. The van der Waals surface area contributed by atoms with Crippen LogP contribution in [-0.4, -0.2) is 64.7 Å². The fourth-order valence-electron chi connectivity index (χ4n) is 1.34. The molecule has 0 aromatic heterocycles. The molecule has 5 atom stereocenters. The molecule has 0 aromatic rings. The molecule has 3 unspecified atom stereocenters. The zero-order valence-corrected chi connectivity index (χ0v) is 7.29. The molecule has 0 radical (unpaired) electrons. The number of ether oxygens (including phenoxy) is 1. The van der Waals surface area contributed by atoms with Gasteiger partial charge in [0, 0.05) is 0 Å². The number of hydrogen-bond donors (Lipinski definition) is 5. The molecule has 1 heterocycles. The Kier molecular flexibility index (Phi) is 3.60. The first-order valence-electron chi connectivity index (χ1n) is 4.09. The van der Waals surface area contributed by atoms with Crippen molar-refractivity contribution in [1.29, 1.82) is 0 Å². The summed E-state index contributed by atoms with van der Waals surface area (Å²) in [6.07, 6.45) is -5.39. The van der Waals surface area contributed by atoms with E-state index in [0.717, 1.165) is 0 Å². The number of aliphatic hydroxyl groups excluding tert-OH is 4. The van der Waals surface area contributed by atoms with Crippen molar-refractivity contribution in [3.8, 4) is 0 Å². The molecular weight excluding hydrogens is 178 g/mol. The SMILES string of the molecule is CNC1OC(CO)[C@@H](O)[C@H](O)C1O. The summed E-state index contributed by atoms with van der Waals surface area (Å²) < 4.78 is 5.06. The van der Waals surface area contributed by atoms with Crippen LogP contribution in [0.25, 0.3) is 0 Å². The number of hydrogen-bond acceptors (Lipinski definition) is 6. The smallest absolute Gasteiger partial charge is 0.137 e. The molecule has 0 amide bonds. The molecule has 1 fully saturated rings. The van der Waals surface area contributed by atoms with E-state index >= 15 is 0 Å². The third-order valence-electron chi connectivity index (χ3n) is 2.18. The molecule has 1 saturated heterocycles. The Morgan fingerprint density at radius 3 is 2.23 bits per heavy atom. The zero-order chi connectivity index (χ0) is 10.0. The number of nitrogens with one attached hydrogen (secondary N) is 1. The van der Waals surface area contributed by atoms with Crippen LogP contribution in [-0.2, 0) is 4.74 Å². The Morgan fingerprint density at radius 1 is 1.15 bits per heavy atom. The van der Waals surface area contributed by atoms with Crippen molar-refractivity contribution in [2.45, 2.75) is 30.6 Å². The molecule has 1 aliphatic rings. The van der Waals surface area contributed by atoms with Crippen molar-refractivity contribution < 1.29 is 25.2 Å². The van der Waals surface area contributed by atoms with Crippen LogP contribution in [0.4, 0.5) is 0 Å². The maximum atomic E-state index is 9.34. The first-order valence-corrected chi connectivity index (χ1v) is 4.09. The van der Waals surface area contributed by atoms with Crippen LogP contribution in [0.3, 0.4) is 0 Å². The van der Waals surface area contributed by atoms with Gasteiger partial charge in [0.15, 0.2) is 0 Å². The summed E-state index contributed by atoms with van der Waals surface area (Å²) in [6.45, 7) is -0.400. The number of rotatable bonds is 2. The summed E-state index contributed by atoms with van der Waals surface area (Å²) in [5.74, 6) is 0. The minimum absolute atomic E-state index is 0.400. The largest absolute Gasteiger partial charge is 0.394 e. The first kappa shape index (κ1) is 10.8. The average Bonchev–Trinajstić information content (AvgIpc) is 2.15. The van der Waals surface area contributed by atoms with Gasteiger partial charge in [-0.1, -0.05) is 0 Å². The van der Waals surface area contributed by atoms with E-state index in [0.29, 0.717) is 0 Å². The van der Waals surface area contributed by atoms with Crippen LogP contribution in [0, 0.1) is 0 Å².